The lowest BCUT2D eigenvalue weighted by Crippen LogP contribution is -2.36. The summed E-state index contributed by atoms with van der Waals surface area (Å²) in [7, 11) is -3.42. The highest BCUT2D eigenvalue weighted by molar-refractivity contribution is 7.92. The fourth-order valence-electron chi connectivity index (χ4n) is 2.37. The van der Waals surface area contributed by atoms with Crippen LogP contribution in [0.15, 0.2) is 48.5 Å². The summed E-state index contributed by atoms with van der Waals surface area (Å²) in [6.07, 6.45) is 1.56. The molecule has 0 bridgehead atoms. The van der Waals surface area contributed by atoms with Gasteiger partial charge in [-0.25, -0.2) is 13.2 Å². The predicted molar refractivity (Wildman–Crippen MR) is 102 cm³/mol. The number of alkyl halides is 2. The summed E-state index contributed by atoms with van der Waals surface area (Å²) in [5, 5.41) is 5.33. The van der Waals surface area contributed by atoms with Crippen LogP contribution in [-0.2, 0) is 23.0 Å². The van der Waals surface area contributed by atoms with Gasteiger partial charge < -0.3 is 15.4 Å². The van der Waals surface area contributed by atoms with Crippen LogP contribution in [0.4, 0.5) is 19.3 Å². The first-order chi connectivity index (χ1) is 13.2. The second-order valence-corrected chi connectivity index (χ2v) is 7.66. The van der Waals surface area contributed by atoms with Crippen LogP contribution in [0.1, 0.15) is 11.1 Å². The van der Waals surface area contributed by atoms with Gasteiger partial charge in [0.1, 0.15) is 5.75 Å². The van der Waals surface area contributed by atoms with Crippen molar-refractivity contribution in [3.05, 3.63) is 59.7 Å². The number of halogens is 2. The Morgan fingerprint density at radius 1 is 1.07 bits per heavy atom. The van der Waals surface area contributed by atoms with Crippen molar-refractivity contribution in [2.75, 3.05) is 17.5 Å². The van der Waals surface area contributed by atoms with E-state index in [0.717, 1.165) is 11.8 Å². The number of carbonyl (C=O) groups is 1. The Bertz CT molecular complexity index is 890. The third-order valence-electron chi connectivity index (χ3n) is 3.60. The van der Waals surface area contributed by atoms with Crippen LogP contribution >= 0.6 is 0 Å². The van der Waals surface area contributed by atoms with Gasteiger partial charge in [-0.05, 0) is 35.7 Å². The van der Waals surface area contributed by atoms with E-state index >= 15 is 0 Å². The van der Waals surface area contributed by atoms with Crippen molar-refractivity contribution >= 4 is 21.7 Å². The first-order valence-corrected chi connectivity index (χ1v) is 10.2. The smallest absolute Gasteiger partial charge is 0.387 e. The Kier molecular flexibility index (Phi) is 7.56. The van der Waals surface area contributed by atoms with Crippen molar-refractivity contribution in [2.24, 2.45) is 0 Å². The lowest BCUT2D eigenvalue weighted by Gasteiger charge is -2.12. The molecule has 2 aromatic carbocycles. The molecular weight excluding hydrogens is 392 g/mol. The minimum absolute atomic E-state index is 0.0748. The molecule has 0 atom stereocenters. The SMILES string of the molecule is CS(=O)(=O)Nc1ccccc1CNC(=O)NCCc1ccc(OC(F)F)cc1. The third kappa shape index (κ3) is 7.78. The number of nitrogens with one attached hydrogen (secondary N) is 3. The Morgan fingerprint density at radius 2 is 1.75 bits per heavy atom. The van der Waals surface area contributed by atoms with E-state index in [1.807, 2.05) is 0 Å². The van der Waals surface area contributed by atoms with Crippen LogP contribution in [0, 0.1) is 0 Å². The fraction of sp³-hybridized carbons (Fsp3) is 0.278. The summed E-state index contributed by atoms with van der Waals surface area (Å²) in [5.41, 5.74) is 1.87. The summed E-state index contributed by atoms with van der Waals surface area (Å²) < 4.78 is 53.6. The number of rotatable bonds is 9. The van der Waals surface area contributed by atoms with Crippen molar-refractivity contribution in [3.8, 4) is 5.75 Å². The van der Waals surface area contributed by atoms with Crippen LogP contribution in [-0.4, -0.2) is 33.9 Å². The lowest BCUT2D eigenvalue weighted by atomic mass is 10.1. The summed E-state index contributed by atoms with van der Waals surface area (Å²) in [6, 6.07) is 12.5. The number of carbonyl (C=O) groups excluding carboxylic acids is 1. The van der Waals surface area contributed by atoms with Gasteiger partial charge in [0.25, 0.3) is 0 Å². The molecule has 2 rings (SSSR count). The van der Waals surface area contributed by atoms with Gasteiger partial charge in [0, 0.05) is 13.1 Å². The van der Waals surface area contributed by atoms with Gasteiger partial charge in [-0.1, -0.05) is 30.3 Å². The Morgan fingerprint density at radius 3 is 2.39 bits per heavy atom. The van der Waals surface area contributed by atoms with E-state index in [2.05, 4.69) is 20.1 Å². The maximum absolute atomic E-state index is 12.1. The largest absolute Gasteiger partial charge is 0.435 e. The molecular formula is C18H21F2N3O4S. The molecule has 0 aliphatic carbocycles. The van der Waals surface area contributed by atoms with Gasteiger partial charge in [0.15, 0.2) is 0 Å². The average Bonchev–Trinajstić information content (AvgIpc) is 2.61. The summed E-state index contributed by atoms with van der Waals surface area (Å²) >= 11 is 0. The van der Waals surface area contributed by atoms with Gasteiger partial charge in [0.2, 0.25) is 10.0 Å². The standard InChI is InChI=1S/C18H21F2N3O4S/c1-28(25,26)23-16-5-3-2-4-14(16)12-22-18(24)21-11-10-13-6-8-15(9-7-13)27-17(19)20/h2-9,17,23H,10-12H2,1H3,(H2,21,22,24). The number of amides is 2. The number of benzene rings is 2. The maximum Gasteiger partial charge on any atom is 0.387 e. The molecule has 0 heterocycles. The number of ether oxygens (including phenoxy) is 1. The highest BCUT2D eigenvalue weighted by Gasteiger charge is 2.08. The summed E-state index contributed by atoms with van der Waals surface area (Å²) in [6.45, 7) is -2.39. The highest BCUT2D eigenvalue weighted by Crippen LogP contribution is 2.16. The van der Waals surface area contributed by atoms with Crippen molar-refractivity contribution in [2.45, 2.75) is 19.6 Å². The molecule has 0 aliphatic rings. The Balaban J connectivity index is 1.78. The number of urea groups is 1. The minimum atomic E-state index is -3.42. The van der Waals surface area contributed by atoms with E-state index in [9.17, 15) is 22.0 Å². The number of hydrogen-bond donors (Lipinski definition) is 3. The lowest BCUT2D eigenvalue weighted by molar-refractivity contribution is -0.0498. The maximum atomic E-state index is 12.1. The van der Waals surface area contributed by atoms with Crippen LogP contribution in [0.25, 0.3) is 0 Å². The average molecular weight is 413 g/mol. The molecule has 0 saturated carbocycles. The second kappa shape index (κ2) is 9.88. The molecule has 2 amide bonds. The quantitative estimate of drug-likeness (QED) is 0.589. The monoisotopic (exact) mass is 413 g/mol. The highest BCUT2D eigenvalue weighted by atomic mass is 32.2. The summed E-state index contributed by atoms with van der Waals surface area (Å²) in [5.74, 6) is 0.0748. The van der Waals surface area contributed by atoms with Crippen molar-refractivity contribution in [3.63, 3.8) is 0 Å². The molecule has 0 radical (unpaired) electrons. The van der Waals surface area contributed by atoms with E-state index < -0.39 is 22.7 Å². The molecule has 0 spiro atoms. The second-order valence-electron chi connectivity index (χ2n) is 5.91. The molecule has 152 valence electrons. The molecule has 10 heteroatoms. The first kappa shape index (κ1) is 21.4. The van der Waals surface area contributed by atoms with E-state index in [4.69, 9.17) is 0 Å². The van der Waals surface area contributed by atoms with Gasteiger partial charge in [0.05, 0.1) is 11.9 Å². The molecule has 3 N–H and O–H groups in total. The van der Waals surface area contributed by atoms with Gasteiger partial charge in [-0.2, -0.15) is 8.78 Å². The molecule has 28 heavy (non-hydrogen) atoms. The molecule has 7 nitrogen and oxygen atoms in total. The van der Waals surface area contributed by atoms with Gasteiger partial charge in [-0.15, -0.1) is 0 Å². The Labute approximate surface area is 162 Å². The van der Waals surface area contributed by atoms with Gasteiger partial charge >= 0.3 is 12.6 Å². The first-order valence-electron chi connectivity index (χ1n) is 8.34. The fourth-order valence-corrected chi connectivity index (χ4v) is 2.97. The zero-order chi connectivity index (χ0) is 20.6. The van der Waals surface area contributed by atoms with E-state index in [1.54, 1.807) is 36.4 Å². The van der Waals surface area contributed by atoms with Crippen LogP contribution in [0.3, 0.4) is 0 Å². The van der Waals surface area contributed by atoms with Crippen LogP contribution in [0.2, 0.25) is 0 Å². The summed E-state index contributed by atoms with van der Waals surface area (Å²) in [4.78, 5) is 11.9. The van der Waals surface area contributed by atoms with Crippen LogP contribution < -0.4 is 20.1 Å². The molecule has 0 aliphatic heterocycles. The molecule has 0 saturated heterocycles. The molecule has 0 aromatic heterocycles. The Hall–Kier alpha value is -2.88. The molecule has 2 aromatic rings. The molecule has 0 unspecified atom stereocenters. The van der Waals surface area contributed by atoms with Crippen molar-refractivity contribution < 1.29 is 26.7 Å². The zero-order valence-electron chi connectivity index (χ0n) is 15.1. The van der Waals surface area contributed by atoms with E-state index in [-0.39, 0.29) is 12.3 Å². The number of para-hydroxylation sites is 1. The van der Waals surface area contributed by atoms with Crippen molar-refractivity contribution in [1.29, 1.82) is 0 Å². The van der Waals surface area contributed by atoms with E-state index in [0.29, 0.717) is 24.2 Å². The van der Waals surface area contributed by atoms with Crippen LogP contribution in [0.5, 0.6) is 5.75 Å². The van der Waals surface area contributed by atoms with E-state index in [1.165, 1.54) is 12.1 Å². The minimum Gasteiger partial charge on any atom is -0.435 e. The van der Waals surface area contributed by atoms with Crippen molar-refractivity contribution in [1.82, 2.24) is 10.6 Å². The normalized spacial score (nSPS) is 11.1. The number of hydrogen-bond acceptors (Lipinski definition) is 4. The predicted octanol–water partition coefficient (Wildman–Crippen LogP) is 2.70. The number of sulfonamides is 1. The van der Waals surface area contributed by atoms with Gasteiger partial charge in [-0.3, -0.25) is 4.72 Å². The number of anilines is 1. The zero-order valence-corrected chi connectivity index (χ0v) is 15.9. The molecule has 0 fully saturated rings. The topological polar surface area (TPSA) is 96.5 Å². The third-order valence-corrected chi connectivity index (χ3v) is 4.19.